The molecule has 2 unspecified atom stereocenters. The predicted molar refractivity (Wildman–Crippen MR) is 105 cm³/mol. The highest BCUT2D eigenvalue weighted by atomic mass is 32.1. The summed E-state index contributed by atoms with van der Waals surface area (Å²) in [5.41, 5.74) is 2.33. The molecule has 27 heavy (non-hydrogen) atoms. The van der Waals surface area contributed by atoms with Crippen LogP contribution in [0.4, 0.5) is 5.69 Å². The number of benzene rings is 1. The maximum Gasteiger partial charge on any atom is 0.329 e. The fourth-order valence-electron chi connectivity index (χ4n) is 3.14. The van der Waals surface area contributed by atoms with Gasteiger partial charge >= 0.3 is 5.97 Å². The number of ether oxygens (including phenoxy) is 2. The molecule has 2 heterocycles. The smallest absolute Gasteiger partial charge is 0.329 e. The highest BCUT2D eigenvalue weighted by Crippen LogP contribution is 2.39. The lowest BCUT2D eigenvalue weighted by Gasteiger charge is -2.36. The molecule has 0 bridgehead atoms. The van der Waals surface area contributed by atoms with E-state index in [9.17, 15) is 9.59 Å². The van der Waals surface area contributed by atoms with Gasteiger partial charge in [-0.2, -0.15) is 0 Å². The van der Waals surface area contributed by atoms with Gasteiger partial charge in [0.25, 0.3) is 5.91 Å². The Hall–Kier alpha value is -2.41. The standard InChI is InChI=1S/C20H24N2O4S/c1-10(2)25-20(24)11(3)22-16-9-15(18-13(5)27-14(6)21-18)7-8-17(16)26-12(4)19(22)23/h7-12H,1-6H3. The third kappa shape index (κ3) is 3.69. The topological polar surface area (TPSA) is 68.7 Å². The van der Waals surface area contributed by atoms with Crippen LogP contribution in [0.3, 0.4) is 0 Å². The number of carbonyl (C=O) groups is 2. The summed E-state index contributed by atoms with van der Waals surface area (Å²) in [6.07, 6.45) is -0.916. The van der Waals surface area contributed by atoms with E-state index in [1.807, 2.05) is 32.0 Å². The van der Waals surface area contributed by atoms with Crippen molar-refractivity contribution in [3.05, 3.63) is 28.1 Å². The first-order chi connectivity index (χ1) is 12.7. The van der Waals surface area contributed by atoms with Crippen molar-refractivity contribution in [2.45, 2.75) is 59.8 Å². The number of fused-ring (bicyclic) bond motifs is 1. The summed E-state index contributed by atoms with van der Waals surface area (Å²) in [6.45, 7) is 10.9. The van der Waals surface area contributed by atoms with E-state index in [2.05, 4.69) is 4.98 Å². The van der Waals surface area contributed by atoms with Crippen LogP contribution in [0.25, 0.3) is 11.3 Å². The van der Waals surface area contributed by atoms with Crippen LogP contribution >= 0.6 is 11.3 Å². The van der Waals surface area contributed by atoms with Crippen LogP contribution in [0.5, 0.6) is 5.75 Å². The van der Waals surface area contributed by atoms with E-state index in [1.54, 1.807) is 39.0 Å². The number of hydrogen-bond donors (Lipinski definition) is 0. The number of aryl methyl sites for hydroxylation is 2. The summed E-state index contributed by atoms with van der Waals surface area (Å²) in [5, 5.41) is 0.979. The number of nitrogens with zero attached hydrogens (tertiary/aromatic N) is 2. The zero-order valence-electron chi connectivity index (χ0n) is 16.4. The van der Waals surface area contributed by atoms with Crippen molar-refractivity contribution in [1.29, 1.82) is 0 Å². The molecule has 3 rings (SSSR count). The lowest BCUT2D eigenvalue weighted by molar-refractivity contribution is -0.150. The number of hydrogen-bond acceptors (Lipinski definition) is 6. The van der Waals surface area contributed by atoms with E-state index in [0.29, 0.717) is 11.4 Å². The van der Waals surface area contributed by atoms with Crippen LogP contribution in [0, 0.1) is 13.8 Å². The van der Waals surface area contributed by atoms with Crippen LogP contribution in [-0.4, -0.2) is 35.1 Å². The van der Waals surface area contributed by atoms with Gasteiger partial charge < -0.3 is 9.47 Å². The van der Waals surface area contributed by atoms with Crippen molar-refractivity contribution in [3.63, 3.8) is 0 Å². The highest BCUT2D eigenvalue weighted by molar-refractivity contribution is 7.11. The second-order valence-electron chi connectivity index (χ2n) is 6.95. The Morgan fingerprint density at radius 1 is 1.30 bits per heavy atom. The third-order valence-corrected chi connectivity index (χ3v) is 5.25. The monoisotopic (exact) mass is 388 g/mol. The van der Waals surface area contributed by atoms with Crippen LogP contribution in [0.15, 0.2) is 18.2 Å². The van der Waals surface area contributed by atoms with Gasteiger partial charge in [-0.05, 0) is 59.7 Å². The molecule has 0 radical (unpaired) electrons. The minimum atomic E-state index is -0.751. The van der Waals surface area contributed by atoms with E-state index in [4.69, 9.17) is 9.47 Å². The first kappa shape index (κ1) is 19.4. The summed E-state index contributed by atoms with van der Waals surface area (Å²) in [6, 6.07) is 4.87. The van der Waals surface area contributed by atoms with E-state index in [-0.39, 0.29) is 12.0 Å². The van der Waals surface area contributed by atoms with Crippen molar-refractivity contribution in [2.75, 3.05) is 4.90 Å². The minimum absolute atomic E-state index is 0.250. The van der Waals surface area contributed by atoms with Gasteiger partial charge in [0, 0.05) is 10.4 Å². The average molecular weight is 388 g/mol. The largest absolute Gasteiger partial charge is 0.479 e. The Bertz CT molecular complexity index is 890. The molecular weight excluding hydrogens is 364 g/mol. The molecule has 7 heteroatoms. The molecule has 2 aromatic rings. The predicted octanol–water partition coefficient (Wildman–Crippen LogP) is 3.88. The molecule has 1 aliphatic heterocycles. The van der Waals surface area contributed by atoms with Crippen molar-refractivity contribution in [3.8, 4) is 17.0 Å². The molecular formula is C20H24N2O4S. The van der Waals surface area contributed by atoms with Gasteiger partial charge in [-0.15, -0.1) is 11.3 Å². The zero-order chi connectivity index (χ0) is 19.9. The van der Waals surface area contributed by atoms with Crippen LogP contribution in [-0.2, 0) is 14.3 Å². The van der Waals surface area contributed by atoms with Crippen molar-refractivity contribution in [1.82, 2.24) is 4.98 Å². The van der Waals surface area contributed by atoms with Crippen LogP contribution in [0.1, 0.15) is 37.6 Å². The first-order valence-corrected chi connectivity index (χ1v) is 9.79. The number of aromatic nitrogens is 1. The molecule has 1 aromatic carbocycles. The number of esters is 1. The number of anilines is 1. The fourth-order valence-corrected chi connectivity index (χ4v) is 3.98. The summed E-state index contributed by atoms with van der Waals surface area (Å²) in [7, 11) is 0. The molecule has 0 N–H and O–H groups in total. The molecule has 6 nitrogen and oxygen atoms in total. The summed E-state index contributed by atoms with van der Waals surface area (Å²) < 4.78 is 11.1. The molecule has 0 saturated heterocycles. The molecule has 1 aromatic heterocycles. The van der Waals surface area contributed by atoms with Crippen LogP contribution in [0.2, 0.25) is 0 Å². The summed E-state index contributed by atoms with van der Waals surface area (Å²) in [5.74, 6) is -0.136. The molecule has 0 aliphatic carbocycles. The van der Waals surface area contributed by atoms with Gasteiger partial charge in [-0.1, -0.05) is 0 Å². The molecule has 144 valence electrons. The average Bonchev–Trinajstić information content (AvgIpc) is 2.93. The third-order valence-electron chi connectivity index (χ3n) is 4.36. The number of rotatable bonds is 4. The Kier molecular flexibility index (Phi) is 5.24. The van der Waals surface area contributed by atoms with Crippen LogP contribution < -0.4 is 9.64 Å². The minimum Gasteiger partial charge on any atom is -0.479 e. The van der Waals surface area contributed by atoms with Crippen molar-refractivity contribution < 1.29 is 19.1 Å². The van der Waals surface area contributed by atoms with Gasteiger partial charge in [0.2, 0.25) is 0 Å². The number of amides is 1. The van der Waals surface area contributed by atoms with Gasteiger partial charge in [-0.3, -0.25) is 9.69 Å². The highest BCUT2D eigenvalue weighted by Gasteiger charge is 2.38. The maximum absolute atomic E-state index is 12.8. The Morgan fingerprint density at radius 3 is 2.59 bits per heavy atom. The quantitative estimate of drug-likeness (QED) is 0.744. The first-order valence-electron chi connectivity index (χ1n) is 8.97. The van der Waals surface area contributed by atoms with E-state index in [0.717, 1.165) is 21.1 Å². The molecule has 1 aliphatic rings. The van der Waals surface area contributed by atoms with Gasteiger partial charge in [-0.25, -0.2) is 9.78 Å². The molecule has 0 saturated carbocycles. The van der Waals surface area contributed by atoms with Gasteiger partial charge in [0.05, 0.1) is 22.5 Å². The van der Waals surface area contributed by atoms with E-state index in [1.165, 1.54) is 4.90 Å². The lowest BCUT2D eigenvalue weighted by Crippen LogP contribution is -2.52. The normalized spacial score (nSPS) is 17.5. The lowest BCUT2D eigenvalue weighted by atomic mass is 10.1. The number of thiazole rings is 1. The molecule has 2 atom stereocenters. The second-order valence-corrected chi connectivity index (χ2v) is 8.36. The Balaban J connectivity index is 2.06. The fraction of sp³-hybridized carbons (Fsp3) is 0.450. The SMILES string of the molecule is Cc1nc(-c2ccc3c(c2)N(C(C)C(=O)OC(C)C)C(=O)C(C)O3)c(C)s1. The Morgan fingerprint density at radius 2 is 2.00 bits per heavy atom. The van der Waals surface area contributed by atoms with Gasteiger partial charge in [0.1, 0.15) is 11.8 Å². The maximum atomic E-state index is 12.8. The van der Waals surface area contributed by atoms with E-state index >= 15 is 0 Å². The van der Waals surface area contributed by atoms with Crippen molar-refractivity contribution >= 4 is 28.9 Å². The van der Waals surface area contributed by atoms with Gasteiger partial charge in [0.15, 0.2) is 6.10 Å². The Labute approximate surface area is 163 Å². The zero-order valence-corrected chi connectivity index (χ0v) is 17.2. The molecule has 0 fully saturated rings. The molecule has 0 spiro atoms. The van der Waals surface area contributed by atoms with Crippen molar-refractivity contribution in [2.24, 2.45) is 0 Å². The summed E-state index contributed by atoms with van der Waals surface area (Å²) in [4.78, 5) is 32.4. The summed E-state index contributed by atoms with van der Waals surface area (Å²) >= 11 is 1.62. The molecule has 1 amide bonds. The van der Waals surface area contributed by atoms with E-state index < -0.39 is 18.1 Å². The second kappa shape index (κ2) is 7.31. The number of carbonyl (C=O) groups excluding carboxylic acids is 2.